The molecule has 0 aliphatic heterocycles. The van der Waals surface area contributed by atoms with Crippen LogP contribution in [-0.4, -0.2) is 33.8 Å². The molecule has 0 bridgehead atoms. The molecule has 0 saturated carbocycles. The molecular weight excluding hydrogens is 322 g/mol. The van der Waals surface area contributed by atoms with Gasteiger partial charge in [0.25, 0.3) is 5.91 Å². The van der Waals surface area contributed by atoms with E-state index in [0.29, 0.717) is 22.7 Å². The molecule has 0 radical (unpaired) electrons. The van der Waals surface area contributed by atoms with Gasteiger partial charge in [-0.3, -0.25) is 14.3 Å². The van der Waals surface area contributed by atoms with E-state index in [1.54, 1.807) is 20.2 Å². The molecule has 2 heterocycles. The van der Waals surface area contributed by atoms with Crippen molar-refractivity contribution in [2.75, 3.05) is 12.4 Å². The lowest BCUT2D eigenvalue weighted by atomic mass is 10.1. The Bertz CT molecular complexity index is 898. The second kappa shape index (κ2) is 7.00. The quantitative estimate of drug-likeness (QED) is 0.738. The largest absolute Gasteiger partial charge is 0.360 e. The Morgan fingerprint density at radius 2 is 2.00 bits per heavy atom. The topological polar surface area (TPSA) is 102 Å². The average Bonchev–Trinajstić information content (AvgIpc) is 3.21. The highest BCUT2D eigenvalue weighted by Gasteiger charge is 2.22. The number of carbonyl (C=O) groups excluding carboxylic acids is 2. The van der Waals surface area contributed by atoms with Crippen molar-refractivity contribution in [3.8, 4) is 11.3 Å². The maximum atomic E-state index is 12.7. The molecule has 0 unspecified atom stereocenters. The van der Waals surface area contributed by atoms with Gasteiger partial charge < -0.3 is 15.2 Å². The van der Waals surface area contributed by atoms with E-state index in [0.717, 1.165) is 5.56 Å². The summed E-state index contributed by atoms with van der Waals surface area (Å²) in [7, 11) is 1.55. The Labute approximate surface area is 143 Å². The number of amides is 2. The maximum absolute atomic E-state index is 12.7. The zero-order valence-electron chi connectivity index (χ0n) is 13.8. The number of rotatable bonds is 5. The molecule has 0 aliphatic carbocycles. The number of carbonyl (C=O) groups is 2. The monoisotopic (exact) mass is 339 g/mol. The van der Waals surface area contributed by atoms with E-state index in [1.807, 2.05) is 30.3 Å². The van der Waals surface area contributed by atoms with Gasteiger partial charge in [0, 0.05) is 18.8 Å². The minimum Gasteiger partial charge on any atom is -0.360 e. The molecule has 128 valence electrons. The number of aryl methyl sites for hydroxylation is 1. The van der Waals surface area contributed by atoms with Gasteiger partial charge in [0.2, 0.25) is 5.91 Å². The molecule has 0 aliphatic rings. The van der Waals surface area contributed by atoms with Crippen LogP contribution in [0.5, 0.6) is 0 Å². The minimum atomic E-state index is -0.350. The van der Waals surface area contributed by atoms with E-state index >= 15 is 0 Å². The first-order chi connectivity index (χ1) is 12.1. The van der Waals surface area contributed by atoms with Crippen molar-refractivity contribution in [2.45, 2.75) is 13.5 Å². The summed E-state index contributed by atoms with van der Waals surface area (Å²) in [6.45, 7) is 1.76. The number of hydrogen-bond acceptors (Lipinski definition) is 5. The van der Waals surface area contributed by atoms with Crippen LogP contribution in [0.25, 0.3) is 11.3 Å². The molecule has 2 N–H and O–H groups in total. The summed E-state index contributed by atoms with van der Waals surface area (Å²) in [5.74, 6) is -0.103. The summed E-state index contributed by atoms with van der Waals surface area (Å²) >= 11 is 0. The van der Waals surface area contributed by atoms with E-state index < -0.39 is 0 Å². The van der Waals surface area contributed by atoms with Gasteiger partial charge in [0.15, 0.2) is 0 Å². The number of likely N-dealkylation sites (N-methyl/N-ethyl adjacent to an activating group) is 1. The second-order valence-electron chi connectivity index (χ2n) is 5.38. The minimum absolute atomic E-state index is 0.0773. The van der Waals surface area contributed by atoms with Gasteiger partial charge in [-0.15, -0.1) is 0 Å². The van der Waals surface area contributed by atoms with Crippen molar-refractivity contribution in [2.24, 2.45) is 0 Å². The van der Waals surface area contributed by atoms with Crippen LogP contribution in [0.2, 0.25) is 0 Å². The number of aromatic nitrogens is 3. The second-order valence-corrected chi connectivity index (χ2v) is 5.38. The van der Waals surface area contributed by atoms with Crippen LogP contribution in [0.4, 0.5) is 5.69 Å². The Kier molecular flexibility index (Phi) is 4.60. The SMILES string of the molecule is CNC(=O)Cn1cc(NC(=O)c2c(-c3ccccc3)noc2C)cn1. The Morgan fingerprint density at radius 3 is 2.72 bits per heavy atom. The van der Waals surface area contributed by atoms with Crippen LogP contribution in [0.3, 0.4) is 0 Å². The number of nitrogens with zero attached hydrogens (tertiary/aromatic N) is 3. The standard InChI is InChI=1S/C17H17N5O3/c1-11-15(16(21-25-11)12-6-4-3-5-7-12)17(24)20-13-8-19-22(9-13)10-14(23)18-2/h3-9H,10H2,1-2H3,(H,18,23)(H,20,24). The molecule has 2 amide bonds. The zero-order chi connectivity index (χ0) is 17.8. The first kappa shape index (κ1) is 16.4. The fourth-order valence-corrected chi connectivity index (χ4v) is 2.37. The molecule has 25 heavy (non-hydrogen) atoms. The van der Waals surface area contributed by atoms with Crippen molar-refractivity contribution >= 4 is 17.5 Å². The zero-order valence-corrected chi connectivity index (χ0v) is 13.8. The van der Waals surface area contributed by atoms with E-state index in [4.69, 9.17) is 4.52 Å². The third-order valence-electron chi connectivity index (χ3n) is 3.61. The van der Waals surface area contributed by atoms with Gasteiger partial charge in [-0.1, -0.05) is 35.5 Å². The van der Waals surface area contributed by atoms with Gasteiger partial charge in [-0.05, 0) is 6.92 Å². The highest BCUT2D eigenvalue weighted by Crippen LogP contribution is 2.25. The maximum Gasteiger partial charge on any atom is 0.261 e. The van der Waals surface area contributed by atoms with Crippen LogP contribution >= 0.6 is 0 Å². The summed E-state index contributed by atoms with van der Waals surface area (Å²) in [6.07, 6.45) is 3.06. The van der Waals surface area contributed by atoms with Gasteiger partial charge in [-0.25, -0.2) is 0 Å². The number of hydrogen-bond donors (Lipinski definition) is 2. The molecule has 0 atom stereocenters. The van der Waals surface area contributed by atoms with Crippen molar-refractivity contribution < 1.29 is 14.1 Å². The lowest BCUT2D eigenvalue weighted by molar-refractivity contribution is -0.121. The fourth-order valence-electron chi connectivity index (χ4n) is 2.37. The normalized spacial score (nSPS) is 10.5. The van der Waals surface area contributed by atoms with Crippen LogP contribution < -0.4 is 10.6 Å². The lowest BCUT2D eigenvalue weighted by Gasteiger charge is -2.03. The van der Waals surface area contributed by atoms with Crippen LogP contribution in [0, 0.1) is 6.92 Å². The first-order valence-corrected chi connectivity index (χ1v) is 7.64. The summed E-state index contributed by atoms with van der Waals surface area (Å²) < 4.78 is 6.63. The molecule has 8 heteroatoms. The first-order valence-electron chi connectivity index (χ1n) is 7.64. The number of anilines is 1. The van der Waals surface area contributed by atoms with Gasteiger partial charge in [-0.2, -0.15) is 5.10 Å². The van der Waals surface area contributed by atoms with Gasteiger partial charge in [0.1, 0.15) is 23.6 Å². The lowest BCUT2D eigenvalue weighted by Crippen LogP contribution is -2.23. The average molecular weight is 339 g/mol. The third-order valence-corrected chi connectivity index (χ3v) is 3.61. The Balaban J connectivity index is 1.81. The van der Waals surface area contributed by atoms with Crippen molar-refractivity contribution in [3.05, 3.63) is 54.0 Å². The van der Waals surface area contributed by atoms with Gasteiger partial charge >= 0.3 is 0 Å². The van der Waals surface area contributed by atoms with Crippen molar-refractivity contribution in [1.82, 2.24) is 20.3 Å². The van der Waals surface area contributed by atoms with E-state index in [9.17, 15) is 9.59 Å². The molecule has 0 spiro atoms. The van der Waals surface area contributed by atoms with Crippen molar-refractivity contribution in [3.63, 3.8) is 0 Å². The van der Waals surface area contributed by atoms with Gasteiger partial charge in [0.05, 0.1) is 11.9 Å². The molecule has 3 aromatic rings. The Hall–Kier alpha value is -3.42. The number of benzene rings is 1. The van der Waals surface area contributed by atoms with E-state index in [2.05, 4.69) is 20.9 Å². The molecule has 3 rings (SSSR count). The molecule has 8 nitrogen and oxygen atoms in total. The van der Waals surface area contributed by atoms with Crippen LogP contribution in [-0.2, 0) is 11.3 Å². The summed E-state index contributed by atoms with van der Waals surface area (Å²) in [4.78, 5) is 24.0. The Morgan fingerprint density at radius 1 is 1.24 bits per heavy atom. The molecule has 2 aromatic heterocycles. The molecule has 0 fully saturated rings. The highest BCUT2D eigenvalue weighted by molar-refractivity contribution is 6.08. The fraction of sp³-hybridized carbons (Fsp3) is 0.176. The molecule has 1 aromatic carbocycles. The predicted molar refractivity (Wildman–Crippen MR) is 90.9 cm³/mol. The van der Waals surface area contributed by atoms with Crippen LogP contribution in [0.15, 0.2) is 47.2 Å². The van der Waals surface area contributed by atoms with E-state index in [-0.39, 0.29) is 18.4 Å². The van der Waals surface area contributed by atoms with Crippen LogP contribution in [0.1, 0.15) is 16.1 Å². The summed E-state index contributed by atoms with van der Waals surface area (Å²) in [6, 6.07) is 9.33. The van der Waals surface area contributed by atoms with Crippen molar-refractivity contribution in [1.29, 1.82) is 0 Å². The van der Waals surface area contributed by atoms with E-state index in [1.165, 1.54) is 10.9 Å². The highest BCUT2D eigenvalue weighted by atomic mass is 16.5. The summed E-state index contributed by atoms with van der Waals surface area (Å²) in [5.41, 5.74) is 2.12. The summed E-state index contributed by atoms with van der Waals surface area (Å²) in [5, 5.41) is 13.3. The smallest absolute Gasteiger partial charge is 0.261 e. The molecule has 0 saturated heterocycles. The number of nitrogens with one attached hydrogen (secondary N) is 2. The molecular formula is C17H17N5O3. The third kappa shape index (κ3) is 3.57. The predicted octanol–water partition coefficient (Wildman–Crippen LogP) is 1.84.